The van der Waals surface area contributed by atoms with Gasteiger partial charge in [-0.2, -0.15) is 5.10 Å². The molecule has 7 heteroatoms. The molecule has 23 heavy (non-hydrogen) atoms. The van der Waals surface area contributed by atoms with E-state index in [4.69, 9.17) is 0 Å². The minimum atomic E-state index is -0.293. The van der Waals surface area contributed by atoms with Gasteiger partial charge in [0.25, 0.3) is 0 Å². The number of nitrogens with zero attached hydrogens (tertiary/aromatic N) is 4. The standard InChI is InChI=1S/C16H27N5O2/c1-11(2)20-7-6-19(9-14(20)16(23)17-5)15(22)10-21-13(4)8-12(3)18-21/h8,11,14H,6-7,9-10H2,1-5H3,(H,17,23). The Labute approximate surface area is 137 Å². The summed E-state index contributed by atoms with van der Waals surface area (Å²) in [6.07, 6.45) is 0. The summed E-state index contributed by atoms with van der Waals surface area (Å²) >= 11 is 0. The zero-order valence-corrected chi connectivity index (χ0v) is 14.7. The van der Waals surface area contributed by atoms with Crippen LogP contribution in [0.15, 0.2) is 6.07 Å². The van der Waals surface area contributed by atoms with Gasteiger partial charge >= 0.3 is 0 Å². The fourth-order valence-electron chi connectivity index (χ4n) is 3.10. The number of rotatable bonds is 4. The predicted octanol–water partition coefficient (Wildman–Crippen LogP) is 0.167. The minimum Gasteiger partial charge on any atom is -0.358 e. The Morgan fingerprint density at radius 2 is 2.04 bits per heavy atom. The molecule has 7 nitrogen and oxygen atoms in total. The normalized spacial score (nSPS) is 19.2. The van der Waals surface area contributed by atoms with Crippen molar-refractivity contribution in [3.05, 3.63) is 17.5 Å². The van der Waals surface area contributed by atoms with Crippen molar-refractivity contribution in [1.82, 2.24) is 24.9 Å². The number of likely N-dealkylation sites (N-methyl/N-ethyl adjacent to an activating group) is 1. The van der Waals surface area contributed by atoms with E-state index in [2.05, 4.69) is 29.2 Å². The predicted molar refractivity (Wildman–Crippen MR) is 88.0 cm³/mol. The first-order chi connectivity index (χ1) is 10.8. The van der Waals surface area contributed by atoms with Gasteiger partial charge in [-0.1, -0.05) is 0 Å². The number of piperazine rings is 1. The van der Waals surface area contributed by atoms with Crippen LogP contribution >= 0.6 is 0 Å². The second-order valence-electron chi connectivity index (χ2n) is 6.39. The fraction of sp³-hybridized carbons (Fsp3) is 0.688. The van der Waals surface area contributed by atoms with Gasteiger partial charge in [0, 0.05) is 38.4 Å². The SMILES string of the molecule is CNC(=O)C1CN(C(=O)Cn2nc(C)cc2C)CCN1C(C)C. The van der Waals surface area contributed by atoms with Crippen LogP contribution in [-0.2, 0) is 16.1 Å². The average Bonchev–Trinajstić information content (AvgIpc) is 2.83. The number of hydrogen-bond donors (Lipinski definition) is 1. The maximum absolute atomic E-state index is 12.6. The van der Waals surface area contributed by atoms with E-state index in [1.165, 1.54) is 0 Å². The van der Waals surface area contributed by atoms with Crippen molar-refractivity contribution in [2.45, 2.75) is 46.3 Å². The molecule has 1 aromatic heterocycles. The van der Waals surface area contributed by atoms with Crippen molar-refractivity contribution < 1.29 is 9.59 Å². The zero-order valence-electron chi connectivity index (χ0n) is 14.7. The van der Waals surface area contributed by atoms with E-state index in [-0.39, 0.29) is 30.4 Å². The van der Waals surface area contributed by atoms with Crippen LogP contribution in [0.2, 0.25) is 0 Å². The van der Waals surface area contributed by atoms with Crippen molar-refractivity contribution >= 4 is 11.8 Å². The van der Waals surface area contributed by atoms with Gasteiger partial charge in [-0.3, -0.25) is 19.2 Å². The average molecular weight is 321 g/mol. The van der Waals surface area contributed by atoms with E-state index in [0.29, 0.717) is 19.6 Å². The maximum Gasteiger partial charge on any atom is 0.244 e. The molecule has 1 unspecified atom stereocenters. The van der Waals surface area contributed by atoms with Gasteiger partial charge in [0.05, 0.1) is 5.69 Å². The summed E-state index contributed by atoms with van der Waals surface area (Å²) in [5.74, 6) is -0.0316. The number of hydrogen-bond acceptors (Lipinski definition) is 4. The second-order valence-corrected chi connectivity index (χ2v) is 6.39. The third-order valence-electron chi connectivity index (χ3n) is 4.38. The Kier molecular flexibility index (Phi) is 5.41. The topological polar surface area (TPSA) is 70.5 Å². The minimum absolute atomic E-state index is 0.00788. The molecule has 2 rings (SSSR count). The molecule has 1 aliphatic heterocycles. The Bertz CT molecular complexity index is 581. The summed E-state index contributed by atoms with van der Waals surface area (Å²) in [4.78, 5) is 28.7. The van der Waals surface area contributed by atoms with Crippen LogP contribution in [0.25, 0.3) is 0 Å². The lowest BCUT2D eigenvalue weighted by atomic mass is 10.1. The van der Waals surface area contributed by atoms with E-state index >= 15 is 0 Å². The Morgan fingerprint density at radius 3 is 2.57 bits per heavy atom. The lowest BCUT2D eigenvalue weighted by molar-refractivity contribution is -0.139. The van der Waals surface area contributed by atoms with Gasteiger partial charge in [0.2, 0.25) is 11.8 Å². The van der Waals surface area contributed by atoms with E-state index in [0.717, 1.165) is 11.4 Å². The van der Waals surface area contributed by atoms with Crippen LogP contribution in [-0.4, -0.2) is 70.2 Å². The Morgan fingerprint density at radius 1 is 1.35 bits per heavy atom. The molecule has 0 radical (unpaired) electrons. The van der Waals surface area contributed by atoms with Crippen molar-refractivity contribution in [3.63, 3.8) is 0 Å². The first-order valence-corrected chi connectivity index (χ1v) is 8.09. The molecule has 2 heterocycles. The van der Waals surface area contributed by atoms with Gasteiger partial charge in [-0.25, -0.2) is 0 Å². The fourth-order valence-corrected chi connectivity index (χ4v) is 3.10. The molecule has 0 saturated carbocycles. The highest BCUT2D eigenvalue weighted by atomic mass is 16.2. The highest BCUT2D eigenvalue weighted by Crippen LogP contribution is 2.14. The number of aryl methyl sites for hydroxylation is 2. The van der Waals surface area contributed by atoms with Crippen LogP contribution < -0.4 is 5.32 Å². The highest BCUT2D eigenvalue weighted by molar-refractivity contribution is 5.83. The third kappa shape index (κ3) is 3.90. The van der Waals surface area contributed by atoms with E-state index < -0.39 is 0 Å². The van der Waals surface area contributed by atoms with Crippen LogP contribution in [0.3, 0.4) is 0 Å². The number of nitrogens with one attached hydrogen (secondary N) is 1. The van der Waals surface area contributed by atoms with Crippen molar-refractivity contribution in [2.24, 2.45) is 0 Å². The first-order valence-electron chi connectivity index (χ1n) is 8.09. The van der Waals surface area contributed by atoms with Crippen molar-refractivity contribution in [3.8, 4) is 0 Å². The molecule has 128 valence electrons. The molecule has 1 aliphatic rings. The summed E-state index contributed by atoms with van der Waals surface area (Å²) in [5.41, 5.74) is 1.88. The van der Waals surface area contributed by atoms with E-state index in [1.807, 2.05) is 19.9 Å². The van der Waals surface area contributed by atoms with Crippen LogP contribution in [0, 0.1) is 13.8 Å². The number of carbonyl (C=O) groups excluding carboxylic acids is 2. The van der Waals surface area contributed by atoms with Crippen LogP contribution in [0.1, 0.15) is 25.2 Å². The van der Waals surface area contributed by atoms with Gasteiger partial charge in [-0.05, 0) is 33.8 Å². The van der Waals surface area contributed by atoms with Gasteiger partial charge in [0.15, 0.2) is 0 Å². The molecule has 1 N–H and O–H groups in total. The summed E-state index contributed by atoms with van der Waals surface area (Å²) < 4.78 is 1.72. The molecule has 1 saturated heterocycles. The summed E-state index contributed by atoms with van der Waals surface area (Å²) in [7, 11) is 1.64. The molecule has 0 bridgehead atoms. The van der Waals surface area contributed by atoms with Crippen molar-refractivity contribution in [1.29, 1.82) is 0 Å². The van der Waals surface area contributed by atoms with E-state index in [9.17, 15) is 9.59 Å². The molecule has 2 amide bonds. The number of amides is 2. The molecule has 0 aromatic carbocycles. The maximum atomic E-state index is 12.6. The molecule has 1 aromatic rings. The Balaban J connectivity index is 2.07. The van der Waals surface area contributed by atoms with Gasteiger partial charge < -0.3 is 10.2 Å². The van der Waals surface area contributed by atoms with Gasteiger partial charge in [0.1, 0.15) is 12.6 Å². The summed E-state index contributed by atoms with van der Waals surface area (Å²) in [6.45, 7) is 10.0. The van der Waals surface area contributed by atoms with E-state index in [1.54, 1.807) is 16.6 Å². The quantitative estimate of drug-likeness (QED) is 0.858. The monoisotopic (exact) mass is 321 g/mol. The number of carbonyl (C=O) groups is 2. The second kappa shape index (κ2) is 7.12. The molecule has 1 atom stereocenters. The number of aromatic nitrogens is 2. The highest BCUT2D eigenvalue weighted by Gasteiger charge is 2.35. The molecule has 0 spiro atoms. The Hall–Kier alpha value is -1.89. The lowest BCUT2D eigenvalue weighted by Gasteiger charge is -2.42. The lowest BCUT2D eigenvalue weighted by Crippen LogP contribution is -2.61. The van der Waals surface area contributed by atoms with Crippen LogP contribution in [0.4, 0.5) is 0 Å². The molecular weight excluding hydrogens is 294 g/mol. The zero-order chi connectivity index (χ0) is 17.1. The molecule has 1 fully saturated rings. The smallest absolute Gasteiger partial charge is 0.244 e. The third-order valence-corrected chi connectivity index (χ3v) is 4.38. The summed E-state index contributed by atoms with van der Waals surface area (Å²) in [5, 5.41) is 7.04. The first kappa shape index (κ1) is 17.5. The summed E-state index contributed by atoms with van der Waals surface area (Å²) in [6, 6.07) is 1.93. The molecular formula is C16H27N5O2. The largest absolute Gasteiger partial charge is 0.358 e. The molecule has 0 aliphatic carbocycles. The van der Waals surface area contributed by atoms with Crippen molar-refractivity contribution in [2.75, 3.05) is 26.7 Å². The van der Waals surface area contributed by atoms with Gasteiger partial charge in [-0.15, -0.1) is 0 Å². The van der Waals surface area contributed by atoms with Crippen LogP contribution in [0.5, 0.6) is 0 Å².